The molecule has 0 fully saturated rings. The Kier molecular flexibility index (Phi) is 5.28. The molecule has 1 aromatic heterocycles. The molecule has 0 atom stereocenters. The van der Waals surface area contributed by atoms with E-state index in [-0.39, 0.29) is 5.75 Å². The molecule has 128 valence electrons. The Morgan fingerprint density at radius 2 is 1.76 bits per heavy atom. The van der Waals surface area contributed by atoms with Gasteiger partial charge < -0.3 is 4.57 Å². The summed E-state index contributed by atoms with van der Waals surface area (Å²) in [6.07, 6.45) is 1.75. The van der Waals surface area contributed by atoms with Gasteiger partial charge in [0.15, 0.2) is 10.9 Å². The number of hydrogen-bond donors (Lipinski definition) is 0. The van der Waals surface area contributed by atoms with Crippen LogP contribution in [0.1, 0.15) is 17.3 Å². The van der Waals surface area contributed by atoms with E-state index in [9.17, 15) is 13.6 Å². The highest BCUT2D eigenvalue weighted by atomic mass is 32.2. The average molecular weight is 358 g/mol. The number of rotatable bonds is 6. The number of carbonyl (C=O) groups excluding carboxylic acids is 1. The van der Waals surface area contributed by atoms with Crippen LogP contribution in [-0.4, -0.2) is 21.1 Å². The molecule has 0 unspecified atom stereocenters. The van der Waals surface area contributed by atoms with E-state index in [4.69, 9.17) is 0 Å². The molecule has 0 saturated carbocycles. The van der Waals surface area contributed by atoms with Crippen molar-refractivity contribution in [3.63, 3.8) is 0 Å². The fourth-order valence-corrected chi connectivity index (χ4v) is 3.50. The molecule has 2 aromatic carbocycles. The van der Waals surface area contributed by atoms with Crippen LogP contribution in [0.15, 0.2) is 59.9 Å². The maximum atomic E-state index is 13.7. The molecule has 6 heteroatoms. The first-order chi connectivity index (χ1) is 12.1. The SMILES string of the molecule is CCn1c(-c2ccccc2)cnc1SCC(=O)c1c(F)cccc1F. The van der Waals surface area contributed by atoms with Crippen molar-refractivity contribution in [3.05, 3.63) is 71.9 Å². The fourth-order valence-electron chi connectivity index (χ4n) is 2.59. The number of benzene rings is 2. The van der Waals surface area contributed by atoms with E-state index in [0.29, 0.717) is 11.7 Å². The van der Waals surface area contributed by atoms with Gasteiger partial charge in [0.2, 0.25) is 0 Å². The second-order valence-corrected chi connectivity index (χ2v) is 6.29. The summed E-state index contributed by atoms with van der Waals surface area (Å²) in [6.45, 7) is 2.66. The molecular weight excluding hydrogens is 342 g/mol. The lowest BCUT2D eigenvalue weighted by Gasteiger charge is -2.09. The molecule has 0 spiro atoms. The Morgan fingerprint density at radius 1 is 1.08 bits per heavy atom. The van der Waals surface area contributed by atoms with Crippen molar-refractivity contribution in [2.45, 2.75) is 18.6 Å². The summed E-state index contributed by atoms with van der Waals surface area (Å²) < 4.78 is 29.4. The highest BCUT2D eigenvalue weighted by Gasteiger charge is 2.19. The number of halogens is 2. The Hall–Kier alpha value is -2.47. The number of imidazole rings is 1. The van der Waals surface area contributed by atoms with Gasteiger partial charge in [0.1, 0.15) is 11.6 Å². The van der Waals surface area contributed by atoms with Crippen LogP contribution in [0.4, 0.5) is 8.78 Å². The van der Waals surface area contributed by atoms with Gasteiger partial charge in [0.05, 0.1) is 23.2 Å². The number of carbonyl (C=O) groups is 1. The van der Waals surface area contributed by atoms with Crippen LogP contribution in [-0.2, 0) is 6.54 Å². The van der Waals surface area contributed by atoms with Crippen LogP contribution < -0.4 is 0 Å². The number of hydrogen-bond acceptors (Lipinski definition) is 3. The molecule has 0 radical (unpaired) electrons. The summed E-state index contributed by atoms with van der Waals surface area (Å²) in [5.74, 6) is -2.35. The second-order valence-electron chi connectivity index (χ2n) is 5.34. The minimum atomic E-state index is -0.839. The molecule has 0 amide bonds. The maximum Gasteiger partial charge on any atom is 0.179 e. The van der Waals surface area contributed by atoms with Crippen LogP contribution >= 0.6 is 11.8 Å². The quantitative estimate of drug-likeness (QED) is 0.468. The van der Waals surface area contributed by atoms with Gasteiger partial charge in [-0.3, -0.25) is 4.79 Å². The zero-order valence-corrected chi connectivity index (χ0v) is 14.4. The van der Waals surface area contributed by atoms with Crippen molar-refractivity contribution in [3.8, 4) is 11.3 Å². The molecule has 0 saturated heterocycles. The first-order valence-electron chi connectivity index (χ1n) is 7.82. The Morgan fingerprint density at radius 3 is 2.40 bits per heavy atom. The first kappa shape index (κ1) is 17.4. The average Bonchev–Trinajstić information content (AvgIpc) is 3.03. The Labute approximate surface area is 148 Å². The fraction of sp³-hybridized carbons (Fsp3) is 0.158. The van der Waals surface area contributed by atoms with Gasteiger partial charge in [0.25, 0.3) is 0 Å². The predicted molar refractivity (Wildman–Crippen MR) is 94.7 cm³/mol. The molecule has 0 aliphatic carbocycles. The molecule has 0 aliphatic heterocycles. The lowest BCUT2D eigenvalue weighted by atomic mass is 10.1. The molecule has 0 bridgehead atoms. The first-order valence-corrected chi connectivity index (χ1v) is 8.81. The summed E-state index contributed by atoms with van der Waals surface area (Å²) >= 11 is 1.18. The van der Waals surface area contributed by atoms with Crippen LogP contribution in [0.3, 0.4) is 0 Å². The van der Waals surface area contributed by atoms with Crippen molar-refractivity contribution >= 4 is 17.5 Å². The lowest BCUT2D eigenvalue weighted by molar-refractivity contribution is 0.101. The maximum absolute atomic E-state index is 13.7. The summed E-state index contributed by atoms with van der Waals surface area (Å²) in [7, 11) is 0. The number of thioether (sulfide) groups is 1. The summed E-state index contributed by atoms with van der Waals surface area (Å²) in [6, 6.07) is 13.2. The molecule has 3 rings (SSSR count). The van der Waals surface area contributed by atoms with E-state index in [1.807, 2.05) is 41.8 Å². The number of aromatic nitrogens is 2. The van der Waals surface area contributed by atoms with E-state index >= 15 is 0 Å². The largest absolute Gasteiger partial charge is 0.319 e. The highest BCUT2D eigenvalue weighted by molar-refractivity contribution is 7.99. The van der Waals surface area contributed by atoms with Gasteiger partial charge in [-0.15, -0.1) is 0 Å². The van der Waals surface area contributed by atoms with Gasteiger partial charge in [-0.2, -0.15) is 0 Å². The molecule has 3 nitrogen and oxygen atoms in total. The van der Waals surface area contributed by atoms with Crippen LogP contribution in [0, 0.1) is 11.6 Å². The van der Waals surface area contributed by atoms with Crippen molar-refractivity contribution in [1.82, 2.24) is 9.55 Å². The molecule has 0 N–H and O–H groups in total. The molecule has 25 heavy (non-hydrogen) atoms. The predicted octanol–water partition coefficient (Wildman–Crippen LogP) is 4.82. The van der Waals surface area contributed by atoms with E-state index in [0.717, 1.165) is 23.4 Å². The van der Waals surface area contributed by atoms with Crippen molar-refractivity contribution in [2.24, 2.45) is 0 Å². The molecule has 1 heterocycles. The number of nitrogens with zero attached hydrogens (tertiary/aromatic N) is 2. The number of ketones is 1. The number of Topliss-reactive ketones (excluding diaryl/α,β-unsaturated/α-hetero) is 1. The summed E-state index contributed by atoms with van der Waals surface area (Å²) in [5.41, 5.74) is 1.47. The van der Waals surface area contributed by atoms with E-state index in [1.54, 1.807) is 6.20 Å². The second kappa shape index (κ2) is 7.61. The normalized spacial score (nSPS) is 10.8. The topological polar surface area (TPSA) is 34.9 Å². The summed E-state index contributed by atoms with van der Waals surface area (Å²) in [4.78, 5) is 16.6. The van der Waals surface area contributed by atoms with Gasteiger partial charge >= 0.3 is 0 Å². The van der Waals surface area contributed by atoms with Crippen LogP contribution in [0.2, 0.25) is 0 Å². The zero-order chi connectivity index (χ0) is 17.8. The zero-order valence-electron chi connectivity index (χ0n) is 13.6. The van der Waals surface area contributed by atoms with Gasteiger partial charge in [-0.05, 0) is 24.6 Å². The van der Waals surface area contributed by atoms with Crippen molar-refractivity contribution in [1.29, 1.82) is 0 Å². The van der Waals surface area contributed by atoms with E-state index < -0.39 is 23.0 Å². The molecule has 3 aromatic rings. The van der Waals surface area contributed by atoms with Gasteiger partial charge in [0, 0.05) is 6.54 Å². The molecule has 0 aliphatic rings. The third kappa shape index (κ3) is 3.64. The standard InChI is InChI=1S/C19H16F2N2OS/c1-2-23-16(13-7-4-3-5-8-13)11-22-19(23)25-12-17(24)18-14(20)9-6-10-15(18)21/h3-11H,2,12H2,1H3. The van der Waals surface area contributed by atoms with Crippen LogP contribution in [0.25, 0.3) is 11.3 Å². The smallest absolute Gasteiger partial charge is 0.179 e. The van der Waals surface area contributed by atoms with Crippen molar-refractivity contribution in [2.75, 3.05) is 5.75 Å². The monoisotopic (exact) mass is 358 g/mol. The Bertz CT molecular complexity index is 873. The highest BCUT2D eigenvalue weighted by Crippen LogP contribution is 2.27. The van der Waals surface area contributed by atoms with E-state index in [1.165, 1.54) is 17.8 Å². The third-order valence-corrected chi connectivity index (χ3v) is 4.77. The van der Waals surface area contributed by atoms with Crippen molar-refractivity contribution < 1.29 is 13.6 Å². The Balaban J connectivity index is 1.80. The van der Waals surface area contributed by atoms with E-state index in [2.05, 4.69) is 4.98 Å². The lowest BCUT2D eigenvalue weighted by Crippen LogP contribution is -2.09. The minimum absolute atomic E-state index is 0.0803. The van der Waals surface area contributed by atoms with Crippen LogP contribution in [0.5, 0.6) is 0 Å². The van der Waals surface area contributed by atoms with Gasteiger partial charge in [-0.25, -0.2) is 13.8 Å². The molecular formula is C19H16F2N2OS. The van der Waals surface area contributed by atoms with Gasteiger partial charge in [-0.1, -0.05) is 48.2 Å². The summed E-state index contributed by atoms with van der Waals surface area (Å²) in [5, 5.41) is 0.645. The third-order valence-electron chi connectivity index (χ3n) is 3.78. The minimum Gasteiger partial charge on any atom is -0.319 e.